The van der Waals surface area contributed by atoms with Crippen molar-refractivity contribution in [3.8, 4) is 17.1 Å². The number of nitrogens with one attached hydrogen (secondary N) is 2. The van der Waals surface area contributed by atoms with Gasteiger partial charge in [-0.15, -0.1) is 5.10 Å². The number of hydrogen-bond acceptors (Lipinski definition) is 7. The Morgan fingerprint density at radius 3 is 2.45 bits per heavy atom. The Labute approximate surface area is 188 Å². The number of carbonyl (C=O) groups excluding carboxylic acids is 2. The molecule has 1 aliphatic rings. The molecule has 0 aliphatic carbocycles. The van der Waals surface area contributed by atoms with Crippen LogP contribution in [0.4, 0.5) is 5.95 Å². The van der Waals surface area contributed by atoms with Gasteiger partial charge in [-0.05, 0) is 54.6 Å². The molecule has 164 valence electrons. The fourth-order valence-corrected chi connectivity index (χ4v) is 5.27. The highest BCUT2D eigenvalue weighted by Crippen LogP contribution is 2.34. The molecule has 0 atom stereocenters. The van der Waals surface area contributed by atoms with Gasteiger partial charge in [0.1, 0.15) is 5.75 Å². The van der Waals surface area contributed by atoms with Crippen molar-refractivity contribution in [2.45, 2.75) is 9.79 Å². The van der Waals surface area contributed by atoms with Crippen LogP contribution in [0, 0.1) is 0 Å². The predicted octanol–water partition coefficient (Wildman–Crippen LogP) is 3.11. The molecule has 0 bridgehead atoms. The summed E-state index contributed by atoms with van der Waals surface area (Å²) >= 11 is 0. The summed E-state index contributed by atoms with van der Waals surface area (Å²) < 4.78 is 31.2. The zero-order valence-corrected chi connectivity index (χ0v) is 18.0. The number of ketones is 1. The van der Waals surface area contributed by atoms with Crippen molar-refractivity contribution < 1.29 is 22.7 Å². The van der Waals surface area contributed by atoms with Crippen molar-refractivity contribution in [1.29, 1.82) is 0 Å². The molecule has 33 heavy (non-hydrogen) atoms. The molecule has 0 spiro atoms. The molecule has 0 saturated carbocycles. The van der Waals surface area contributed by atoms with Gasteiger partial charge in [-0.1, -0.05) is 12.1 Å². The lowest BCUT2D eigenvalue weighted by atomic mass is 10.0. The van der Waals surface area contributed by atoms with Crippen LogP contribution in [0.25, 0.3) is 11.4 Å². The van der Waals surface area contributed by atoms with E-state index in [4.69, 9.17) is 4.74 Å². The van der Waals surface area contributed by atoms with E-state index < -0.39 is 21.5 Å². The van der Waals surface area contributed by atoms with Gasteiger partial charge >= 0.3 is 0 Å². The Bertz CT molecular complexity index is 1520. The summed E-state index contributed by atoms with van der Waals surface area (Å²) in [5, 5.41) is 9.26. The van der Waals surface area contributed by atoms with Gasteiger partial charge in [0.15, 0.2) is 11.6 Å². The second-order valence-electron chi connectivity index (χ2n) is 7.23. The molecular weight excluding hydrogens is 444 g/mol. The Morgan fingerprint density at radius 1 is 0.970 bits per heavy atom. The van der Waals surface area contributed by atoms with E-state index in [0.29, 0.717) is 11.6 Å². The Hall–Kier alpha value is -4.31. The number of rotatable bonds is 4. The molecular formula is C23H16N4O5S. The second-order valence-corrected chi connectivity index (χ2v) is 9.12. The van der Waals surface area contributed by atoms with Crippen LogP contribution in [0.3, 0.4) is 0 Å². The Kier molecular flexibility index (Phi) is 4.79. The number of aromatic nitrogens is 3. The number of aromatic amines is 1. The highest BCUT2D eigenvalue weighted by molar-refractivity contribution is 7.91. The SMILES string of the molecule is COc1ccc(-c2nc(NC(=O)c3ccc4c(c3)S(=O)(=O)c3ccccc3C4=O)n[nH]2)cc1. The van der Waals surface area contributed by atoms with Crippen LogP contribution in [0.2, 0.25) is 0 Å². The number of anilines is 1. The van der Waals surface area contributed by atoms with E-state index in [1.165, 1.54) is 30.3 Å². The highest BCUT2D eigenvalue weighted by Gasteiger charge is 2.35. The molecule has 1 amide bonds. The maximum Gasteiger partial charge on any atom is 0.258 e. The summed E-state index contributed by atoms with van der Waals surface area (Å²) in [6.07, 6.45) is 0. The summed E-state index contributed by atoms with van der Waals surface area (Å²) in [6.45, 7) is 0. The molecule has 5 rings (SSSR count). The number of H-pyrrole nitrogens is 1. The van der Waals surface area contributed by atoms with Gasteiger partial charge in [-0.2, -0.15) is 4.98 Å². The molecule has 4 aromatic rings. The molecule has 2 N–H and O–H groups in total. The summed E-state index contributed by atoms with van der Waals surface area (Å²) in [4.78, 5) is 29.5. The van der Waals surface area contributed by atoms with Crippen molar-refractivity contribution in [2.24, 2.45) is 0 Å². The van der Waals surface area contributed by atoms with E-state index in [1.54, 1.807) is 43.5 Å². The average molecular weight is 460 g/mol. The molecule has 1 aliphatic heterocycles. The largest absolute Gasteiger partial charge is 0.497 e. The fraction of sp³-hybridized carbons (Fsp3) is 0.0435. The van der Waals surface area contributed by atoms with Crippen LogP contribution >= 0.6 is 0 Å². The summed E-state index contributed by atoms with van der Waals surface area (Å²) in [5.41, 5.74) is 0.945. The predicted molar refractivity (Wildman–Crippen MR) is 118 cm³/mol. The maximum atomic E-state index is 13.1. The lowest BCUT2D eigenvalue weighted by Gasteiger charge is -2.19. The van der Waals surface area contributed by atoms with E-state index in [2.05, 4.69) is 20.5 Å². The van der Waals surface area contributed by atoms with Crippen molar-refractivity contribution in [1.82, 2.24) is 15.2 Å². The number of amides is 1. The minimum Gasteiger partial charge on any atom is -0.497 e. The molecule has 9 nitrogen and oxygen atoms in total. The van der Waals surface area contributed by atoms with E-state index in [-0.39, 0.29) is 32.4 Å². The monoisotopic (exact) mass is 460 g/mol. The van der Waals surface area contributed by atoms with Crippen molar-refractivity contribution in [3.63, 3.8) is 0 Å². The van der Waals surface area contributed by atoms with Gasteiger partial charge in [0.25, 0.3) is 5.91 Å². The number of hydrogen-bond donors (Lipinski definition) is 2. The Balaban J connectivity index is 1.42. The third-order valence-corrected chi connectivity index (χ3v) is 7.13. The number of benzene rings is 3. The van der Waals surface area contributed by atoms with Crippen LogP contribution in [0.1, 0.15) is 26.3 Å². The van der Waals surface area contributed by atoms with Crippen molar-refractivity contribution in [3.05, 3.63) is 83.4 Å². The topological polar surface area (TPSA) is 131 Å². The normalized spacial score (nSPS) is 13.7. The minimum absolute atomic E-state index is 0.0211. The smallest absolute Gasteiger partial charge is 0.258 e. The molecule has 2 heterocycles. The first-order valence-electron chi connectivity index (χ1n) is 9.79. The van der Waals surface area contributed by atoms with Crippen LogP contribution in [0.5, 0.6) is 5.75 Å². The lowest BCUT2D eigenvalue weighted by Crippen LogP contribution is -2.21. The van der Waals surface area contributed by atoms with Crippen LogP contribution in [0.15, 0.2) is 76.5 Å². The Morgan fingerprint density at radius 2 is 1.70 bits per heavy atom. The summed E-state index contributed by atoms with van der Waals surface area (Å²) in [7, 11) is -2.38. The number of fused-ring (bicyclic) bond motifs is 2. The van der Waals surface area contributed by atoms with Gasteiger partial charge in [0.2, 0.25) is 15.8 Å². The summed E-state index contributed by atoms with van der Waals surface area (Å²) in [6, 6.07) is 17.1. The van der Waals surface area contributed by atoms with Crippen molar-refractivity contribution in [2.75, 3.05) is 12.4 Å². The first-order chi connectivity index (χ1) is 15.9. The number of methoxy groups -OCH3 is 1. The fourth-order valence-electron chi connectivity index (χ4n) is 3.60. The van der Waals surface area contributed by atoms with E-state index in [9.17, 15) is 18.0 Å². The van der Waals surface area contributed by atoms with Crippen LogP contribution in [-0.2, 0) is 9.84 Å². The number of carbonyl (C=O) groups is 2. The quantitative estimate of drug-likeness (QED) is 0.421. The molecule has 10 heteroatoms. The van der Waals surface area contributed by atoms with E-state index in [1.807, 2.05) is 0 Å². The molecule has 0 radical (unpaired) electrons. The van der Waals surface area contributed by atoms with E-state index in [0.717, 1.165) is 5.56 Å². The molecule has 0 saturated heterocycles. The zero-order valence-electron chi connectivity index (χ0n) is 17.2. The van der Waals surface area contributed by atoms with Gasteiger partial charge in [0.05, 0.1) is 16.9 Å². The number of nitrogens with zero attached hydrogens (tertiary/aromatic N) is 2. The van der Waals surface area contributed by atoms with E-state index >= 15 is 0 Å². The van der Waals surface area contributed by atoms with Crippen LogP contribution in [-0.4, -0.2) is 42.4 Å². The average Bonchev–Trinajstić information content (AvgIpc) is 3.31. The van der Waals surface area contributed by atoms with Crippen LogP contribution < -0.4 is 10.1 Å². The van der Waals surface area contributed by atoms with Gasteiger partial charge < -0.3 is 4.74 Å². The first kappa shape index (κ1) is 20.6. The standard InChI is InChI=1S/C23H16N4O5S/c1-32-15-9-6-13(7-10-15)21-24-23(27-26-21)25-22(29)14-8-11-17-19(12-14)33(30,31)18-5-3-2-4-16(18)20(17)28/h2-12H,1H3,(H2,24,25,26,27,29). The third kappa shape index (κ3) is 3.46. The van der Waals surface area contributed by atoms with Gasteiger partial charge in [0, 0.05) is 22.3 Å². The van der Waals surface area contributed by atoms with Gasteiger partial charge in [-0.3, -0.25) is 20.0 Å². The molecule has 3 aromatic carbocycles. The second kappa shape index (κ2) is 7.68. The summed E-state index contributed by atoms with van der Waals surface area (Å²) in [5.74, 6) is 0.131. The highest BCUT2D eigenvalue weighted by atomic mass is 32.2. The molecule has 1 aromatic heterocycles. The van der Waals surface area contributed by atoms with Gasteiger partial charge in [-0.25, -0.2) is 8.42 Å². The molecule has 0 fully saturated rings. The first-order valence-corrected chi connectivity index (χ1v) is 11.3. The minimum atomic E-state index is -3.95. The number of ether oxygens (including phenoxy) is 1. The van der Waals surface area contributed by atoms with Crippen molar-refractivity contribution >= 4 is 27.5 Å². The maximum absolute atomic E-state index is 13.1. The molecule has 0 unspecified atom stereocenters. The third-order valence-electron chi connectivity index (χ3n) is 5.27. The lowest BCUT2D eigenvalue weighted by molar-refractivity contribution is 0.101. The number of sulfone groups is 1. The zero-order chi connectivity index (χ0) is 23.2.